The van der Waals surface area contributed by atoms with Crippen molar-refractivity contribution >= 4 is 11.7 Å². The molecule has 5 nitrogen and oxygen atoms in total. The minimum atomic E-state index is -0.160. The van der Waals surface area contributed by atoms with Crippen molar-refractivity contribution in [3.8, 4) is 17.2 Å². The number of pyridine rings is 1. The molecule has 0 aliphatic carbocycles. The zero-order valence-corrected chi connectivity index (χ0v) is 16.8. The molecule has 0 radical (unpaired) electrons. The van der Waals surface area contributed by atoms with E-state index in [1.54, 1.807) is 12.1 Å². The summed E-state index contributed by atoms with van der Waals surface area (Å²) >= 11 is 0. The normalized spacial score (nSPS) is 13.5. The van der Waals surface area contributed by atoms with Crippen LogP contribution in [0.5, 0.6) is 0 Å². The first-order chi connectivity index (χ1) is 14.8. The summed E-state index contributed by atoms with van der Waals surface area (Å²) in [5.41, 5.74) is 3.65. The summed E-state index contributed by atoms with van der Waals surface area (Å²) in [7, 11) is 0. The molecule has 4 rings (SSSR count). The molecule has 30 heavy (non-hydrogen) atoms. The number of hydrogen-bond acceptors (Lipinski definition) is 4. The number of anilines is 1. The van der Waals surface area contributed by atoms with Crippen LogP contribution in [0.2, 0.25) is 0 Å². The topological polar surface area (TPSA) is 69.0 Å². The van der Waals surface area contributed by atoms with Gasteiger partial charge < -0.3 is 10.2 Å². The van der Waals surface area contributed by atoms with Gasteiger partial charge in [0.15, 0.2) is 0 Å². The van der Waals surface area contributed by atoms with E-state index in [1.165, 1.54) is 19.3 Å². The van der Waals surface area contributed by atoms with E-state index in [4.69, 9.17) is 0 Å². The van der Waals surface area contributed by atoms with Crippen LogP contribution < -0.4 is 10.2 Å². The Balaban J connectivity index is 1.56. The van der Waals surface area contributed by atoms with Gasteiger partial charge in [-0.1, -0.05) is 42.5 Å². The molecule has 5 heteroatoms. The number of piperidine rings is 1. The fraction of sp³-hybridized carbons (Fsp3) is 0.240. The molecule has 1 N–H and O–H groups in total. The first-order valence-electron chi connectivity index (χ1n) is 10.3. The molecule has 3 aromatic rings. The van der Waals surface area contributed by atoms with Crippen molar-refractivity contribution in [3.63, 3.8) is 0 Å². The van der Waals surface area contributed by atoms with E-state index in [2.05, 4.69) is 21.3 Å². The average molecular weight is 396 g/mol. The van der Waals surface area contributed by atoms with Gasteiger partial charge in [-0.3, -0.25) is 4.79 Å². The predicted molar refractivity (Wildman–Crippen MR) is 118 cm³/mol. The smallest absolute Gasteiger partial charge is 0.252 e. The van der Waals surface area contributed by atoms with Crippen LogP contribution in [0.1, 0.15) is 40.7 Å². The van der Waals surface area contributed by atoms with E-state index in [9.17, 15) is 10.1 Å². The molecular formula is C25H24N4O. The first-order valence-corrected chi connectivity index (χ1v) is 10.3. The van der Waals surface area contributed by atoms with Gasteiger partial charge in [-0.15, -0.1) is 0 Å². The van der Waals surface area contributed by atoms with Crippen LogP contribution >= 0.6 is 0 Å². The maximum Gasteiger partial charge on any atom is 0.252 e. The second-order valence-corrected chi connectivity index (χ2v) is 7.42. The number of rotatable bonds is 5. The average Bonchev–Trinajstić information content (AvgIpc) is 2.83. The highest BCUT2D eigenvalue weighted by atomic mass is 16.1. The first kappa shape index (κ1) is 19.7. The van der Waals surface area contributed by atoms with Crippen LogP contribution in [-0.2, 0) is 6.54 Å². The Morgan fingerprint density at radius 2 is 1.70 bits per heavy atom. The Labute approximate surface area is 177 Å². The van der Waals surface area contributed by atoms with Crippen molar-refractivity contribution in [3.05, 3.63) is 83.6 Å². The maximum atomic E-state index is 13.1. The summed E-state index contributed by atoms with van der Waals surface area (Å²) < 4.78 is 0. The molecular weight excluding hydrogens is 372 g/mol. The van der Waals surface area contributed by atoms with Gasteiger partial charge in [-0.2, -0.15) is 5.26 Å². The lowest BCUT2D eigenvalue weighted by molar-refractivity contribution is 0.0951. The van der Waals surface area contributed by atoms with E-state index in [0.29, 0.717) is 17.7 Å². The van der Waals surface area contributed by atoms with Gasteiger partial charge in [0.05, 0.1) is 11.6 Å². The maximum absolute atomic E-state index is 13.1. The Bertz CT molecular complexity index is 1080. The molecule has 150 valence electrons. The fourth-order valence-electron chi connectivity index (χ4n) is 3.96. The van der Waals surface area contributed by atoms with Crippen LogP contribution in [0.25, 0.3) is 11.1 Å². The fourth-order valence-corrected chi connectivity index (χ4v) is 3.96. The summed E-state index contributed by atoms with van der Waals surface area (Å²) in [6, 6.07) is 20.9. The molecule has 1 aromatic heterocycles. The minimum Gasteiger partial charge on any atom is -0.356 e. The van der Waals surface area contributed by atoms with Gasteiger partial charge in [0.25, 0.3) is 5.91 Å². The van der Waals surface area contributed by atoms with E-state index in [-0.39, 0.29) is 5.91 Å². The van der Waals surface area contributed by atoms with Crippen molar-refractivity contribution < 1.29 is 4.79 Å². The Kier molecular flexibility index (Phi) is 6.05. The summed E-state index contributed by atoms with van der Waals surface area (Å²) in [6.07, 6.45) is 5.42. The number of benzene rings is 2. The molecule has 0 atom stereocenters. The summed E-state index contributed by atoms with van der Waals surface area (Å²) in [6.45, 7) is 2.42. The molecule has 0 spiro atoms. The van der Waals surface area contributed by atoms with Crippen LogP contribution in [0.15, 0.2) is 66.9 Å². The zero-order valence-electron chi connectivity index (χ0n) is 16.8. The Morgan fingerprint density at radius 3 is 2.50 bits per heavy atom. The van der Waals surface area contributed by atoms with Crippen LogP contribution in [0.4, 0.5) is 5.82 Å². The van der Waals surface area contributed by atoms with Gasteiger partial charge >= 0.3 is 0 Å². The quantitative estimate of drug-likeness (QED) is 0.687. The molecule has 2 aromatic carbocycles. The molecule has 1 fully saturated rings. The van der Waals surface area contributed by atoms with Crippen LogP contribution in [-0.4, -0.2) is 24.0 Å². The molecule has 0 bridgehead atoms. The number of hydrogen-bond donors (Lipinski definition) is 1. The number of amides is 1. The van der Waals surface area contributed by atoms with E-state index in [1.807, 2.05) is 54.7 Å². The predicted octanol–water partition coefficient (Wildman–Crippen LogP) is 4.54. The number of nitriles is 1. The van der Waals surface area contributed by atoms with Gasteiger partial charge in [-0.25, -0.2) is 4.98 Å². The van der Waals surface area contributed by atoms with E-state index in [0.717, 1.165) is 35.6 Å². The number of nitrogens with one attached hydrogen (secondary N) is 1. The van der Waals surface area contributed by atoms with Gasteiger partial charge in [0, 0.05) is 42.5 Å². The molecule has 1 saturated heterocycles. The second-order valence-electron chi connectivity index (χ2n) is 7.42. The number of nitrogens with zero attached hydrogens (tertiary/aromatic N) is 3. The molecule has 1 aliphatic heterocycles. The summed E-state index contributed by atoms with van der Waals surface area (Å²) in [5, 5.41) is 12.5. The van der Waals surface area contributed by atoms with Gasteiger partial charge in [-0.05, 0) is 43.0 Å². The lowest BCUT2D eigenvalue weighted by atomic mass is 9.95. The highest BCUT2D eigenvalue weighted by Crippen LogP contribution is 2.27. The number of carbonyl (C=O) groups excluding carboxylic acids is 1. The highest BCUT2D eigenvalue weighted by Gasteiger charge is 2.18. The minimum absolute atomic E-state index is 0.160. The van der Waals surface area contributed by atoms with E-state index >= 15 is 0 Å². The van der Waals surface area contributed by atoms with Gasteiger partial charge in [0.1, 0.15) is 5.82 Å². The van der Waals surface area contributed by atoms with Crippen LogP contribution in [0.3, 0.4) is 0 Å². The van der Waals surface area contributed by atoms with E-state index < -0.39 is 0 Å². The zero-order chi connectivity index (χ0) is 20.8. The van der Waals surface area contributed by atoms with Crippen molar-refractivity contribution in [2.45, 2.75) is 25.8 Å². The highest BCUT2D eigenvalue weighted by molar-refractivity contribution is 6.01. The standard InChI is InChI=1S/C25H24N4O/c26-17-19-9-2-3-11-21(19)22-12-4-5-13-23(22)25(30)28-18-20-10-8-14-27-24(20)29-15-6-1-7-16-29/h2-5,8-14H,1,6-7,15-16,18H2,(H,28,30). The summed E-state index contributed by atoms with van der Waals surface area (Å²) in [4.78, 5) is 20.0. The van der Waals surface area contributed by atoms with Gasteiger partial charge in [0.2, 0.25) is 0 Å². The van der Waals surface area contributed by atoms with Crippen molar-refractivity contribution in [1.29, 1.82) is 5.26 Å². The molecule has 1 amide bonds. The monoisotopic (exact) mass is 396 g/mol. The third-order valence-corrected chi connectivity index (χ3v) is 5.47. The lowest BCUT2D eigenvalue weighted by Crippen LogP contribution is -2.32. The molecule has 1 aliphatic rings. The molecule has 0 saturated carbocycles. The second kappa shape index (κ2) is 9.23. The molecule has 2 heterocycles. The molecule has 0 unspecified atom stereocenters. The number of carbonyl (C=O) groups is 1. The van der Waals surface area contributed by atoms with Crippen molar-refractivity contribution in [2.24, 2.45) is 0 Å². The SMILES string of the molecule is N#Cc1ccccc1-c1ccccc1C(=O)NCc1cccnc1N1CCCCC1. The van der Waals surface area contributed by atoms with Crippen molar-refractivity contribution in [2.75, 3.05) is 18.0 Å². The lowest BCUT2D eigenvalue weighted by Gasteiger charge is -2.29. The Morgan fingerprint density at radius 1 is 0.967 bits per heavy atom. The van der Waals surface area contributed by atoms with Crippen LogP contribution in [0, 0.1) is 11.3 Å². The third kappa shape index (κ3) is 4.18. The largest absolute Gasteiger partial charge is 0.356 e. The Hall–Kier alpha value is -3.65. The summed E-state index contributed by atoms with van der Waals surface area (Å²) in [5.74, 6) is 0.799. The number of aromatic nitrogens is 1. The van der Waals surface area contributed by atoms with Crippen molar-refractivity contribution in [1.82, 2.24) is 10.3 Å². The third-order valence-electron chi connectivity index (χ3n) is 5.47.